The third kappa shape index (κ3) is 16.1. The normalized spacial score (nSPS) is 15.2. The van der Waals surface area contributed by atoms with Crippen LogP contribution in [-0.4, -0.2) is 107 Å². The molecular weight excluding hydrogens is 835 g/mol. The Hall–Kier alpha value is -7.22. The lowest BCUT2D eigenvalue weighted by atomic mass is 9.95. The van der Waals surface area contributed by atoms with Crippen molar-refractivity contribution in [1.82, 2.24) is 26.2 Å². The van der Waals surface area contributed by atoms with Gasteiger partial charge >= 0.3 is 0 Å². The predicted octanol–water partition coefficient (Wildman–Crippen LogP) is -1.37. The number of rotatable bonds is 23. The number of hydrogen-bond acceptors (Lipinski definition) is 10. The van der Waals surface area contributed by atoms with Gasteiger partial charge in [0.25, 0.3) is 0 Å². The Labute approximate surface area is 378 Å². The second kappa shape index (κ2) is 24.6. The highest BCUT2D eigenvalue weighted by molar-refractivity contribution is 5.94. The molecule has 0 radical (unpaired) electrons. The lowest BCUT2D eigenvalue weighted by molar-refractivity contribution is -0.138. The highest BCUT2D eigenvalue weighted by Crippen LogP contribution is 2.23. The number of benzene rings is 3. The highest BCUT2D eigenvalue weighted by Gasteiger charge is 2.34. The molecule has 350 valence electrons. The quantitative estimate of drug-likeness (QED) is 0.0298. The summed E-state index contributed by atoms with van der Waals surface area (Å²) in [4.78, 5) is 90.9. The predicted molar refractivity (Wildman–Crippen MR) is 246 cm³/mol. The fourth-order valence-corrected chi connectivity index (χ4v) is 7.57. The minimum atomic E-state index is -1.13. The van der Waals surface area contributed by atoms with Gasteiger partial charge in [0.05, 0.1) is 6.04 Å². The molecule has 65 heavy (non-hydrogen) atoms. The third-order valence-corrected chi connectivity index (χ3v) is 11.0. The van der Waals surface area contributed by atoms with E-state index in [1.807, 2.05) is 30.3 Å². The van der Waals surface area contributed by atoms with Crippen LogP contribution in [-0.2, 0) is 54.6 Å². The number of phenols is 1. The van der Waals surface area contributed by atoms with Gasteiger partial charge in [-0.15, -0.1) is 0 Å². The van der Waals surface area contributed by atoms with Gasteiger partial charge in [-0.25, -0.2) is 0 Å². The number of nitrogens with two attached hydrogens (primary N) is 6. The first-order chi connectivity index (χ1) is 30.9. The molecule has 3 aromatic carbocycles. The van der Waals surface area contributed by atoms with Crippen LogP contribution in [0.15, 0.2) is 76.7 Å². The molecule has 20 heteroatoms. The molecule has 0 aliphatic carbocycles. The van der Waals surface area contributed by atoms with E-state index in [2.05, 4.69) is 31.3 Å². The lowest BCUT2D eigenvalue weighted by Crippen LogP contribution is -2.56. The van der Waals surface area contributed by atoms with Crippen LogP contribution in [0.5, 0.6) is 5.75 Å². The molecule has 3 aromatic rings. The zero-order valence-electron chi connectivity index (χ0n) is 36.9. The van der Waals surface area contributed by atoms with E-state index >= 15 is 0 Å². The van der Waals surface area contributed by atoms with Gasteiger partial charge in [0.2, 0.25) is 35.4 Å². The number of nitrogens with zero attached hydrogens (tertiary/aromatic N) is 3. The van der Waals surface area contributed by atoms with E-state index in [0.29, 0.717) is 12.8 Å². The van der Waals surface area contributed by atoms with Crippen molar-refractivity contribution in [2.75, 3.05) is 19.6 Å². The standard InChI is InChI=1S/C45H63N13O7/c1-26-20-31(59)21-27(2)32(26)24-33(46)40(62)55-35(15-9-18-53-45(50)51)42(64)57-37-23-29-12-6-7-13-30(29)25-58(43(37)65)19-16-38(60)54-34(14-8-17-52-44(48)49)41(63)56-36(39(47)61)22-28-10-4-3-5-11-28/h3-7,10-13,20-21,33-37,59H,8-9,14-19,22-25,46H2,1-2H3,(H2,47,61)(H,54,60)(H,55,62)(H,56,63)(H,57,64)(H4,48,49,52)(H4,50,51,53). The van der Waals surface area contributed by atoms with Crippen LogP contribution in [0.4, 0.5) is 0 Å². The van der Waals surface area contributed by atoms with Crippen molar-refractivity contribution in [2.24, 2.45) is 44.4 Å². The molecule has 1 aliphatic heterocycles. The van der Waals surface area contributed by atoms with Gasteiger partial charge < -0.3 is 65.7 Å². The molecule has 0 saturated heterocycles. The Bertz CT molecular complexity index is 2190. The second-order valence-electron chi connectivity index (χ2n) is 16.1. The summed E-state index contributed by atoms with van der Waals surface area (Å²) in [6.07, 6.45) is 0.985. The van der Waals surface area contributed by atoms with Crippen molar-refractivity contribution >= 4 is 47.4 Å². The number of carbonyl (C=O) groups is 6. The maximum absolute atomic E-state index is 14.3. The van der Waals surface area contributed by atoms with Gasteiger partial charge in [0, 0.05) is 45.4 Å². The van der Waals surface area contributed by atoms with E-state index in [1.165, 1.54) is 4.90 Å². The minimum Gasteiger partial charge on any atom is -0.508 e. The average molecular weight is 898 g/mol. The molecule has 5 unspecified atom stereocenters. The SMILES string of the molecule is Cc1cc(O)cc(C)c1CC(N)C(=O)NC(CCCN=C(N)N)C(=O)NC1Cc2ccccc2CN(CCC(=O)NC(CCCN=C(N)N)C(=O)NC(Cc2ccccc2)C(N)=O)C1=O. The molecule has 20 nitrogen and oxygen atoms in total. The summed E-state index contributed by atoms with van der Waals surface area (Å²) in [6.45, 7) is 3.98. The van der Waals surface area contributed by atoms with Gasteiger partial charge in [-0.2, -0.15) is 0 Å². The Morgan fingerprint density at radius 2 is 1.29 bits per heavy atom. The van der Waals surface area contributed by atoms with E-state index in [9.17, 15) is 33.9 Å². The van der Waals surface area contributed by atoms with Crippen molar-refractivity contribution in [3.05, 3.63) is 100 Å². The maximum Gasteiger partial charge on any atom is 0.245 e. The number of aliphatic imine (C=N–C) groups is 2. The van der Waals surface area contributed by atoms with E-state index in [-0.39, 0.29) is 82.4 Å². The van der Waals surface area contributed by atoms with Gasteiger partial charge in [-0.3, -0.25) is 38.8 Å². The maximum atomic E-state index is 14.3. The Morgan fingerprint density at radius 3 is 1.88 bits per heavy atom. The molecule has 17 N–H and O–H groups in total. The zero-order valence-corrected chi connectivity index (χ0v) is 36.9. The number of fused-ring (bicyclic) bond motifs is 1. The molecule has 1 heterocycles. The third-order valence-electron chi connectivity index (χ3n) is 11.0. The summed E-state index contributed by atoms with van der Waals surface area (Å²) in [7, 11) is 0. The summed E-state index contributed by atoms with van der Waals surface area (Å²) in [5.74, 6) is -3.85. The minimum absolute atomic E-state index is 0.0880. The molecule has 0 spiro atoms. The van der Waals surface area contributed by atoms with Gasteiger partial charge in [-0.1, -0.05) is 54.6 Å². The molecule has 0 fully saturated rings. The number of hydrogen-bond donors (Lipinski definition) is 11. The number of amides is 6. The van der Waals surface area contributed by atoms with E-state index in [0.717, 1.165) is 33.4 Å². The number of phenolic OH excluding ortho intramolecular Hbond substituents is 1. The first-order valence-corrected chi connectivity index (χ1v) is 21.5. The first-order valence-electron chi connectivity index (χ1n) is 21.5. The number of aryl methyl sites for hydroxylation is 2. The lowest BCUT2D eigenvalue weighted by Gasteiger charge is -2.27. The monoisotopic (exact) mass is 897 g/mol. The van der Waals surface area contributed by atoms with E-state index < -0.39 is 65.7 Å². The molecule has 0 bridgehead atoms. The molecule has 6 amide bonds. The van der Waals surface area contributed by atoms with Crippen LogP contribution in [0.25, 0.3) is 0 Å². The smallest absolute Gasteiger partial charge is 0.245 e. The van der Waals surface area contributed by atoms with Crippen molar-refractivity contribution in [3.8, 4) is 5.75 Å². The largest absolute Gasteiger partial charge is 0.508 e. The molecule has 5 atom stereocenters. The van der Waals surface area contributed by atoms with Crippen LogP contribution in [0, 0.1) is 13.8 Å². The summed E-state index contributed by atoms with van der Waals surface area (Å²) >= 11 is 0. The van der Waals surface area contributed by atoms with E-state index in [4.69, 9.17) is 34.4 Å². The highest BCUT2D eigenvalue weighted by atomic mass is 16.3. The number of guanidine groups is 2. The van der Waals surface area contributed by atoms with Gasteiger partial charge in [0.1, 0.15) is 29.9 Å². The summed E-state index contributed by atoms with van der Waals surface area (Å²) in [5.41, 5.74) is 38.6. The zero-order chi connectivity index (χ0) is 47.6. The first kappa shape index (κ1) is 50.4. The number of primary amides is 1. The summed E-state index contributed by atoms with van der Waals surface area (Å²) in [5, 5.41) is 21.0. The Balaban J connectivity index is 1.49. The fourth-order valence-electron chi connectivity index (χ4n) is 7.57. The van der Waals surface area contributed by atoms with Crippen molar-refractivity contribution in [1.29, 1.82) is 0 Å². The molecule has 4 rings (SSSR count). The summed E-state index contributed by atoms with van der Waals surface area (Å²) < 4.78 is 0. The Morgan fingerprint density at radius 1 is 0.738 bits per heavy atom. The van der Waals surface area contributed by atoms with Crippen LogP contribution < -0.4 is 55.7 Å². The molecule has 0 saturated carbocycles. The van der Waals surface area contributed by atoms with Crippen molar-refractivity contribution in [2.45, 2.75) is 102 Å². The van der Waals surface area contributed by atoms with Crippen LogP contribution in [0.3, 0.4) is 0 Å². The van der Waals surface area contributed by atoms with Crippen molar-refractivity contribution < 1.29 is 33.9 Å². The van der Waals surface area contributed by atoms with Gasteiger partial charge in [-0.05, 0) is 91.5 Å². The van der Waals surface area contributed by atoms with Crippen LogP contribution >= 0.6 is 0 Å². The van der Waals surface area contributed by atoms with Gasteiger partial charge in [0.15, 0.2) is 11.9 Å². The van der Waals surface area contributed by atoms with E-state index in [1.54, 1.807) is 50.2 Å². The molecule has 0 aromatic heterocycles. The second-order valence-corrected chi connectivity index (χ2v) is 16.1. The average Bonchev–Trinajstić information content (AvgIpc) is 3.38. The van der Waals surface area contributed by atoms with Crippen LogP contribution in [0.1, 0.15) is 65.5 Å². The molecule has 1 aliphatic rings. The number of nitrogens with one attached hydrogen (secondary N) is 4. The topological polar surface area (TPSA) is 355 Å². The molecular formula is C45H63N13O7. The van der Waals surface area contributed by atoms with Crippen molar-refractivity contribution in [3.63, 3.8) is 0 Å². The number of carbonyl (C=O) groups excluding carboxylic acids is 6. The fraction of sp³-hybridized carbons (Fsp3) is 0.422. The Kier molecular flexibility index (Phi) is 19.1. The summed E-state index contributed by atoms with van der Waals surface area (Å²) in [6, 6.07) is 14.0. The number of aromatic hydroxyl groups is 1. The van der Waals surface area contributed by atoms with Crippen LogP contribution in [0.2, 0.25) is 0 Å².